The van der Waals surface area contributed by atoms with E-state index in [4.69, 9.17) is 4.42 Å². The maximum atomic E-state index is 11.5. The largest absolute Gasteiger partial charge is 0.478 e. The van der Waals surface area contributed by atoms with E-state index in [2.05, 4.69) is 29.8 Å². The third-order valence-electron chi connectivity index (χ3n) is 3.17. The SMILES string of the molecule is CC(C)CCc1occ(-c2cccc(Br)c2)c1C(=O)O. The molecule has 3 nitrogen and oxygen atoms in total. The van der Waals surface area contributed by atoms with E-state index in [9.17, 15) is 9.90 Å². The van der Waals surface area contributed by atoms with Crippen LogP contribution in [0.4, 0.5) is 0 Å². The predicted octanol–water partition coefficient (Wildman–Crippen LogP) is 5.00. The van der Waals surface area contributed by atoms with Crippen LogP contribution in [-0.4, -0.2) is 11.1 Å². The molecule has 0 spiro atoms. The number of halogens is 1. The van der Waals surface area contributed by atoms with Gasteiger partial charge in [-0.05, 0) is 30.0 Å². The average molecular weight is 337 g/mol. The Morgan fingerprint density at radius 1 is 1.40 bits per heavy atom. The summed E-state index contributed by atoms with van der Waals surface area (Å²) in [6.07, 6.45) is 3.10. The van der Waals surface area contributed by atoms with E-state index in [-0.39, 0.29) is 5.56 Å². The van der Waals surface area contributed by atoms with Crippen LogP contribution in [0.3, 0.4) is 0 Å². The topological polar surface area (TPSA) is 50.4 Å². The Labute approximate surface area is 126 Å². The molecule has 0 aliphatic carbocycles. The molecule has 4 heteroatoms. The number of hydrogen-bond donors (Lipinski definition) is 1. The van der Waals surface area contributed by atoms with E-state index in [0.29, 0.717) is 23.7 Å². The molecule has 20 heavy (non-hydrogen) atoms. The second-order valence-corrected chi connectivity index (χ2v) is 6.11. The van der Waals surface area contributed by atoms with Gasteiger partial charge in [0, 0.05) is 16.5 Å². The highest BCUT2D eigenvalue weighted by Gasteiger charge is 2.21. The molecule has 0 fully saturated rings. The number of benzene rings is 1. The lowest BCUT2D eigenvalue weighted by atomic mass is 9.99. The average Bonchev–Trinajstić information content (AvgIpc) is 2.80. The molecule has 1 aromatic carbocycles. The highest BCUT2D eigenvalue weighted by Crippen LogP contribution is 2.31. The van der Waals surface area contributed by atoms with Gasteiger partial charge in [0.05, 0.1) is 6.26 Å². The van der Waals surface area contributed by atoms with Gasteiger partial charge in [-0.2, -0.15) is 0 Å². The fourth-order valence-electron chi connectivity index (χ4n) is 2.10. The molecule has 0 atom stereocenters. The van der Waals surface area contributed by atoms with Crippen LogP contribution >= 0.6 is 15.9 Å². The van der Waals surface area contributed by atoms with E-state index in [0.717, 1.165) is 16.5 Å². The summed E-state index contributed by atoms with van der Waals surface area (Å²) in [5.41, 5.74) is 1.76. The van der Waals surface area contributed by atoms with Crippen molar-refractivity contribution >= 4 is 21.9 Å². The van der Waals surface area contributed by atoms with Crippen molar-refractivity contribution in [2.45, 2.75) is 26.7 Å². The molecule has 0 bridgehead atoms. The van der Waals surface area contributed by atoms with Crippen LogP contribution in [0.2, 0.25) is 0 Å². The number of aryl methyl sites for hydroxylation is 1. The lowest BCUT2D eigenvalue weighted by molar-refractivity contribution is 0.0695. The first-order valence-corrected chi connectivity index (χ1v) is 7.38. The first-order chi connectivity index (χ1) is 9.49. The van der Waals surface area contributed by atoms with Crippen molar-refractivity contribution in [1.82, 2.24) is 0 Å². The monoisotopic (exact) mass is 336 g/mol. The zero-order valence-electron chi connectivity index (χ0n) is 11.5. The van der Waals surface area contributed by atoms with Gasteiger partial charge in [0.25, 0.3) is 0 Å². The molecule has 2 aromatic rings. The minimum absolute atomic E-state index is 0.281. The Balaban J connectivity index is 2.41. The van der Waals surface area contributed by atoms with Gasteiger partial charge < -0.3 is 9.52 Å². The molecular weight excluding hydrogens is 320 g/mol. The quantitative estimate of drug-likeness (QED) is 0.836. The maximum Gasteiger partial charge on any atom is 0.339 e. The van der Waals surface area contributed by atoms with Gasteiger partial charge in [0.2, 0.25) is 0 Å². The van der Waals surface area contributed by atoms with Crippen molar-refractivity contribution in [3.05, 3.63) is 46.3 Å². The smallest absolute Gasteiger partial charge is 0.339 e. The van der Waals surface area contributed by atoms with E-state index < -0.39 is 5.97 Å². The number of rotatable bonds is 5. The van der Waals surface area contributed by atoms with Gasteiger partial charge in [-0.15, -0.1) is 0 Å². The van der Waals surface area contributed by atoms with E-state index >= 15 is 0 Å². The van der Waals surface area contributed by atoms with E-state index in [1.807, 2.05) is 24.3 Å². The second-order valence-electron chi connectivity index (χ2n) is 5.20. The van der Waals surface area contributed by atoms with Gasteiger partial charge >= 0.3 is 5.97 Å². The van der Waals surface area contributed by atoms with Crippen molar-refractivity contribution in [1.29, 1.82) is 0 Å². The second kappa shape index (κ2) is 6.27. The number of furan rings is 1. The lowest BCUT2D eigenvalue weighted by Crippen LogP contribution is -2.02. The molecule has 1 N–H and O–H groups in total. The summed E-state index contributed by atoms with van der Waals surface area (Å²) in [7, 11) is 0. The van der Waals surface area contributed by atoms with Gasteiger partial charge in [0.15, 0.2) is 0 Å². The van der Waals surface area contributed by atoms with Crippen molar-refractivity contribution < 1.29 is 14.3 Å². The summed E-state index contributed by atoms with van der Waals surface area (Å²) in [4.78, 5) is 11.5. The van der Waals surface area contributed by atoms with Gasteiger partial charge in [-0.1, -0.05) is 41.9 Å². The maximum absolute atomic E-state index is 11.5. The third kappa shape index (κ3) is 3.31. The molecule has 0 saturated heterocycles. The minimum Gasteiger partial charge on any atom is -0.478 e. The van der Waals surface area contributed by atoms with E-state index in [1.165, 1.54) is 0 Å². The summed E-state index contributed by atoms with van der Waals surface area (Å²) >= 11 is 3.40. The lowest BCUT2D eigenvalue weighted by Gasteiger charge is -2.04. The summed E-state index contributed by atoms with van der Waals surface area (Å²) in [6.45, 7) is 4.22. The molecule has 0 unspecified atom stereocenters. The Kier molecular flexibility index (Phi) is 4.65. The fourth-order valence-corrected chi connectivity index (χ4v) is 2.50. The van der Waals surface area contributed by atoms with Crippen molar-refractivity contribution in [3.8, 4) is 11.1 Å². The fraction of sp³-hybridized carbons (Fsp3) is 0.312. The third-order valence-corrected chi connectivity index (χ3v) is 3.66. The highest BCUT2D eigenvalue weighted by molar-refractivity contribution is 9.10. The summed E-state index contributed by atoms with van der Waals surface area (Å²) in [6, 6.07) is 7.56. The molecule has 0 radical (unpaired) electrons. The predicted molar refractivity (Wildman–Crippen MR) is 82.0 cm³/mol. The van der Waals surface area contributed by atoms with Crippen LogP contribution < -0.4 is 0 Å². The number of carboxylic acid groups (broad SMARTS) is 1. The van der Waals surface area contributed by atoms with Gasteiger partial charge in [-0.3, -0.25) is 0 Å². The zero-order chi connectivity index (χ0) is 14.7. The molecule has 2 rings (SSSR count). The molecular formula is C16H17BrO3. The number of aromatic carboxylic acids is 1. The first kappa shape index (κ1) is 14.9. The molecule has 106 valence electrons. The van der Waals surface area contributed by atoms with Crippen LogP contribution in [0.15, 0.2) is 39.4 Å². The Morgan fingerprint density at radius 2 is 2.15 bits per heavy atom. The Morgan fingerprint density at radius 3 is 2.75 bits per heavy atom. The number of carboxylic acids is 1. The molecule has 1 aromatic heterocycles. The summed E-state index contributed by atoms with van der Waals surface area (Å²) in [5, 5.41) is 9.46. The van der Waals surface area contributed by atoms with Crippen molar-refractivity contribution in [2.24, 2.45) is 5.92 Å². The van der Waals surface area contributed by atoms with Crippen LogP contribution in [0.5, 0.6) is 0 Å². The normalized spacial score (nSPS) is 11.0. The summed E-state index contributed by atoms with van der Waals surface area (Å²) < 4.78 is 6.42. The molecule has 0 aliphatic rings. The van der Waals surface area contributed by atoms with Crippen molar-refractivity contribution in [2.75, 3.05) is 0 Å². The number of carbonyl (C=O) groups is 1. The van der Waals surface area contributed by atoms with E-state index in [1.54, 1.807) is 6.26 Å². The highest BCUT2D eigenvalue weighted by atomic mass is 79.9. The van der Waals surface area contributed by atoms with Crippen molar-refractivity contribution in [3.63, 3.8) is 0 Å². The summed E-state index contributed by atoms with van der Waals surface area (Å²) in [5.74, 6) is 0.129. The standard InChI is InChI=1S/C16H17BrO3/c1-10(2)6-7-14-15(16(18)19)13(9-20-14)11-4-3-5-12(17)8-11/h3-5,8-10H,6-7H2,1-2H3,(H,18,19). The van der Waals surface area contributed by atoms with Gasteiger partial charge in [-0.25, -0.2) is 4.79 Å². The van der Waals surface area contributed by atoms with Crippen LogP contribution in [0.1, 0.15) is 36.4 Å². The molecule has 1 heterocycles. The molecule has 0 saturated carbocycles. The zero-order valence-corrected chi connectivity index (χ0v) is 13.1. The first-order valence-electron chi connectivity index (χ1n) is 6.58. The molecule has 0 amide bonds. The van der Waals surface area contributed by atoms with Crippen LogP contribution in [-0.2, 0) is 6.42 Å². The van der Waals surface area contributed by atoms with Gasteiger partial charge in [0.1, 0.15) is 11.3 Å². The van der Waals surface area contributed by atoms with Crippen LogP contribution in [0, 0.1) is 5.92 Å². The van der Waals surface area contributed by atoms with Crippen LogP contribution in [0.25, 0.3) is 11.1 Å². The molecule has 0 aliphatic heterocycles. The number of hydrogen-bond acceptors (Lipinski definition) is 2. The minimum atomic E-state index is -0.938. The Hall–Kier alpha value is -1.55. The Bertz CT molecular complexity index is 614.